The van der Waals surface area contributed by atoms with Crippen LogP contribution in [0.5, 0.6) is 0 Å². The van der Waals surface area contributed by atoms with Crippen LogP contribution in [0.4, 0.5) is 0 Å². The maximum Gasteiger partial charge on any atom is 0 e. The summed E-state index contributed by atoms with van der Waals surface area (Å²) < 4.78 is 0. The van der Waals surface area contributed by atoms with Crippen molar-refractivity contribution in [3.8, 4) is 0 Å². The zero-order valence-electron chi connectivity index (χ0n) is 18.1. The van der Waals surface area contributed by atoms with Crippen LogP contribution in [0.2, 0.25) is 0 Å². The van der Waals surface area contributed by atoms with Crippen molar-refractivity contribution in [1.29, 1.82) is 0 Å². The predicted octanol–water partition coefficient (Wildman–Crippen LogP) is -4.94. The van der Waals surface area contributed by atoms with E-state index in [4.69, 9.17) is 86.3 Å². The van der Waals surface area contributed by atoms with Crippen molar-refractivity contribution in [2.45, 2.75) is 0 Å². The molecule has 0 heterocycles. The molecule has 18 nitrogen and oxygen atoms in total. The van der Waals surface area contributed by atoms with Gasteiger partial charge in [-0.15, -0.1) is 0 Å². The zero-order valence-corrected chi connectivity index (χ0v) is 19.7. The second kappa shape index (κ2) is 956. The van der Waals surface area contributed by atoms with Crippen LogP contribution in [0, 0.1) is 0 Å². The fourth-order valence-corrected chi connectivity index (χ4v) is 0. The number of hydrogen-bond donors (Lipinski definition) is 0. The summed E-state index contributed by atoms with van der Waals surface area (Å²) in [6, 6.07) is 0. The molecule has 0 fully saturated rings. The Morgan fingerprint density at radius 3 is 0.108 bits per heavy atom. The summed E-state index contributed by atoms with van der Waals surface area (Å²) in [7, 11) is 0. The topological polar surface area (TPSA) is 307 Å². The minimum absolute atomic E-state index is 0. The maximum atomic E-state index is 7.75. The molecule has 0 aliphatic heterocycles. The average molecular weight is 625 g/mol. The van der Waals surface area contributed by atoms with Crippen molar-refractivity contribution in [2.75, 3.05) is 0 Å². The largest absolute Gasteiger partial charge is 0.545 e. The van der Waals surface area contributed by atoms with Gasteiger partial charge in [0, 0.05) is 19.5 Å². The molecule has 0 saturated carbocycles. The van der Waals surface area contributed by atoms with Gasteiger partial charge in [0.25, 0.3) is 0 Å². The fourth-order valence-electron chi connectivity index (χ4n) is 0. The predicted molar refractivity (Wildman–Crippen MR) is 122 cm³/mol. The molecule has 0 unspecified atom stereocenters. The Labute approximate surface area is 228 Å². The Kier molecular flexibility index (Phi) is 4790. The van der Waals surface area contributed by atoms with E-state index in [9.17, 15) is 0 Å². The zero-order chi connectivity index (χ0) is 36.0. The molecule has 225 valence electrons. The minimum atomic E-state index is 0. The molecular weight excluding hydrogens is 607 g/mol. The summed E-state index contributed by atoms with van der Waals surface area (Å²) in [5.41, 5.74) is 0. The molecule has 1 radical (unpaired) electrons. The van der Waals surface area contributed by atoms with Crippen molar-refractivity contribution in [3.63, 3.8) is 0 Å². The molecule has 0 aromatic heterocycles. The first-order chi connectivity index (χ1) is 18.0. The van der Waals surface area contributed by atoms with E-state index in [1.54, 1.807) is 0 Å². The second-order valence-electron chi connectivity index (χ2n) is 0. The molecule has 0 aromatic rings. The van der Waals surface area contributed by atoms with E-state index in [2.05, 4.69) is 122 Å². The molecule has 37 heavy (non-hydrogen) atoms. The van der Waals surface area contributed by atoms with E-state index in [-0.39, 0.29) is 19.5 Å². The van der Waals surface area contributed by atoms with Crippen LogP contribution < -0.4 is 0 Å². The third kappa shape index (κ3) is 893. The Hall–Kier alpha value is -5.32. The first-order valence-electron chi connectivity index (χ1n) is 4.24. The molecule has 0 aliphatic carbocycles. The van der Waals surface area contributed by atoms with Gasteiger partial charge in [-0.05, 0) is 0 Å². The van der Waals surface area contributed by atoms with Crippen molar-refractivity contribution in [2.24, 2.45) is 0 Å². The number of rotatable bonds is 0. The van der Waals surface area contributed by atoms with Crippen LogP contribution in [-0.2, 0) is 106 Å². The first-order valence-corrected chi connectivity index (χ1v) is 4.24. The van der Waals surface area contributed by atoms with Gasteiger partial charge in [-0.2, -0.15) is 0 Å². The van der Waals surface area contributed by atoms with Crippen LogP contribution in [0.3, 0.4) is 0 Å². The van der Waals surface area contributed by atoms with Gasteiger partial charge in [-0.1, -0.05) is 0 Å². The van der Waals surface area contributed by atoms with Crippen LogP contribution in [-0.4, -0.2) is 122 Å². The molecule has 0 N–H and O–H groups in total. The van der Waals surface area contributed by atoms with E-state index in [1.807, 2.05) is 0 Å². The smallest absolute Gasteiger partial charge is 0 e. The Bertz CT molecular complexity index is 118. The summed E-state index contributed by atoms with van der Waals surface area (Å²) in [4.78, 5) is 140. The van der Waals surface area contributed by atoms with Crippen LogP contribution in [0.25, 0.3) is 0 Å². The molecule has 19 heteroatoms. The third-order valence-electron chi connectivity index (χ3n) is 0. The van der Waals surface area contributed by atoms with Gasteiger partial charge in [-0.25, -0.2) is 0 Å². The van der Waals surface area contributed by atoms with Gasteiger partial charge in [0.15, 0.2) is 0 Å². The fraction of sp³-hybridized carbons (Fsp3) is 0. The molecule has 0 aliphatic rings. The van der Waals surface area contributed by atoms with Crippen molar-refractivity contribution in [3.05, 3.63) is 0 Å². The molecule has 0 atom stereocenters. The monoisotopic (exact) mass is 625 g/mol. The average Bonchev–Trinajstić information content (AvgIpc) is 3.13. The summed E-state index contributed by atoms with van der Waals surface area (Å²) in [6.45, 7) is 58.5. The summed E-state index contributed by atoms with van der Waals surface area (Å²) >= 11 is 0. The maximum absolute atomic E-state index is 7.75. The molecule has 0 bridgehead atoms. The SMILES string of the molecule is [CH-]=O.[CH-]=O.[CH-]=O.[CH-]=O.[CH-]=O.[CH-]=O.[CH-]=O.[CH-]=O.[CH-]=O.[CH-]=O.[CH-]=O.[CH-]=O.[CH-]=O.[CH-]=O.[CH-]=O.[CH-]=O.[CH-]=O.[CH-]=O.[Rh]. The molecule has 0 aromatic carbocycles. The first kappa shape index (κ1) is 185. The Balaban J connectivity index is -0.00000000545. The van der Waals surface area contributed by atoms with E-state index in [1.165, 1.54) is 0 Å². The summed E-state index contributed by atoms with van der Waals surface area (Å²) in [5.74, 6) is 0. The van der Waals surface area contributed by atoms with E-state index < -0.39 is 0 Å². The van der Waals surface area contributed by atoms with Gasteiger partial charge in [0.2, 0.25) is 0 Å². The van der Waals surface area contributed by atoms with Crippen LogP contribution in [0.15, 0.2) is 0 Å². The summed E-state index contributed by atoms with van der Waals surface area (Å²) in [5, 5.41) is 0. The number of carbonyl (C=O) groups excluding carboxylic acids is 18. The van der Waals surface area contributed by atoms with Gasteiger partial charge < -0.3 is 86.3 Å². The molecule has 0 saturated heterocycles. The van der Waals surface area contributed by atoms with E-state index in [0.29, 0.717) is 0 Å². The Morgan fingerprint density at radius 1 is 0.108 bits per heavy atom. The quantitative estimate of drug-likeness (QED) is 0.138. The third-order valence-corrected chi connectivity index (χ3v) is 0. The molecule has 0 rings (SSSR count). The molecular formula is C18H18O18Rh-18. The summed E-state index contributed by atoms with van der Waals surface area (Å²) in [6.07, 6.45) is 0. The number of hydrogen-bond acceptors (Lipinski definition) is 18. The van der Waals surface area contributed by atoms with E-state index in [0.717, 1.165) is 0 Å². The second-order valence-corrected chi connectivity index (χ2v) is 0. The van der Waals surface area contributed by atoms with Gasteiger partial charge >= 0.3 is 0 Å². The Morgan fingerprint density at radius 2 is 0.108 bits per heavy atom. The van der Waals surface area contributed by atoms with Crippen LogP contribution in [0.1, 0.15) is 0 Å². The van der Waals surface area contributed by atoms with Crippen molar-refractivity contribution >= 4 is 122 Å². The van der Waals surface area contributed by atoms with Crippen molar-refractivity contribution in [1.82, 2.24) is 0 Å². The van der Waals surface area contributed by atoms with Gasteiger partial charge in [0.1, 0.15) is 0 Å². The standard InChI is InChI=1S/18CHO.Rh/c18*1-2;/h18*1H;/q18*-1;. The van der Waals surface area contributed by atoms with Gasteiger partial charge in [-0.3, -0.25) is 122 Å². The normalized spacial score (nSPS) is 1.95. The molecule has 0 spiro atoms. The van der Waals surface area contributed by atoms with Crippen molar-refractivity contribution < 1.29 is 106 Å². The van der Waals surface area contributed by atoms with E-state index >= 15 is 0 Å². The molecule has 0 amide bonds. The van der Waals surface area contributed by atoms with Gasteiger partial charge in [0.05, 0.1) is 0 Å². The van der Waals surface area contributed by atoms with Crippen LogP contribution >= 0.6 is 0 Å². The minimum Gasteiger partial charge on any atom is -0.545 e.